The molecule has 2 heterocycles. The van der Waals surface area contributed by atoms with Gasteiger partial charge in [0.15, 0.2) is 0 Å². The first-order chi connectivity index (χ1) is 12.5. The molecule has 0 atom stereocenters. The number of amides is 1. The van der Waals surface area contributed by atoms with Crippen LogP contribution in [0.25, 0.3) is 11.4 Å². The zero-order valence-corrected chi connectivity index (χ0v) is 15.1. The Morgan fingerprint density at radius 1 is 1.19 bits per heavy atom. The minimum absolute atomic E-state index is 0.294. The number of hydrogen-bond acceptors (Lipinski definition) is 5. The molecule has 26 heavy (non-hydrogen) atoms. The molecule has 3 N–H and O–H groups in total. The van der Waals surface area contributed by atoms with E-state index in [1.807, 2.05) is 31.3 Å². The van der Waals surface area contributed by atoms with Crippen molar-refractivity contribution in [1.82, 2.24) is 19.5 Å². The van der Waals surface area contributed by atoms with Gasteiger partial charge in [-0.05, 0) is 44.5 Å². The molecule has 0 aliphatic carbocycles. The van der Waals surface area contributed by atoms with Gasteiger partial charge in [0.1, 0.15) is 5.82 Å². The summed E-state index contributed by atoms with van der Waals surface area (Å²) in [6.07, 6.45) is 3.57. The molecule has 0 spiro atoms. The van der Waals surface area contributed by atoms with Crippen molar-refractivity contribution in [3.63, 3.8) is 0 Å². The number of aryl methyl sites for hydroxylation is 1. The van der Waals surface area contributed by atoms with Crippen molar-refractivity contribution in [3.05, 3.63) is 59.7 Å². The van der Waals surface area contributed by atoms with Crippen molar-refractivity contribution >= 4 is 11.9 Å². The summed E-state index contributed by atoms with van der Waals surface area (Å²) in [4.78, 5) is 24.4. The second kappa shape index (κ2) is 7.35. The molecule has 134 valence electrons. The van der Waals surface area contributed by atoms with Crippen LogP contribution in [0.4, 0.5) is 5.95 Å². The normalized spacial score (nSPS) is 10.9. The molecule has 0 fully saturated rings. The monoisotopic (exact) mass is 350 g/mol. The largest absolute Gasteiger partial charge is 0.366 e. The van der Waals surface area contributed by atoms with Gasteiger partial charge in [-0.2, -0.15) is 0 Å². The molecule has 1 aromatic carbocycles. The van der Waals surface area contributed by atoms with Gasteiger partial charge in [-0.1, -0.05) is 12.1 Å². The number of benzene rings is 1. The van der Waals surface area contributed by atoms with Crippen LogP contribution in [0.3, 0.4) is 0 Å². The first kappa shape index (κ1) is 17.6. The Morgan fingerprint density at radius 2 is 1.92 bits per heavy atom. The zero-order valence-electron chi connectivity index (χ0n) is 15.1. The number of nitrogens with zero attached hydrogens (tertiary/aromatic N) is 4. The van der Waals surface area contributed by atoms with Gasteiger partial charge in [-0.15, -0.1) is 0 Å². The topological polar surface area (TPSA) is 98.7 Å². The SMILES string of the molecule is Cc1ncc(-c2ccnc(NCc3ccc(C(N)=O)cc3)n2)n1C(C)C. The third kappa shape index (κ3) is 3.72. The summed E-state index contributed by atoms with van der Waals surface area (Å²) in [5.74, 6) is 1.06. The van der Waals surface area contributed by atoms with E-state index in [0.717, 1.165) is 22.8 Å². The van der Waals surface area contributed by atoms with E-state index in [1.54, 1.807) is 18.3 Å². The van der Waals surface area contributed by atoms with E-state index in [4.69, 9.17) is 5.73 Å². The molecular weight excluding hydrogens is 328 g/mol. The minimum Gasteiger partial charge on any atom is -0.366 e. The average Bonchev–Trinajstić information content (AvgIpc) is 3.02. The highest BCUT2D eigenvalue weighted by Gasteiger charge is 2.13. The maximum absolute atomic E-state index is 11.1. The number of carbonyl (C=O) groups excluding carboxylic acids is 1. The zero-order chi connectivity index (χ0) is 18.7. The van der Waals surface area contributed by atoms with Gasteiger partial charge in [-0.3, -0.25) is 4.79 Å². The molecule has 0 saturated carbocycles. The van der Waals surface area contributed by atoms with Gasteiger partial charge < -0.3 is 15.6 Å². The smallest absolute Gasteiger partial charge is 0.248 e. The Hall–Kier alpha value is -3.22. The lowest BCUT2D eigenvalue weighted by atomic mass is 10.1. The molecule has 7 nitrogen and oxygen atoms in total. The van der Waals surface area contributed by atoms with Gasteiger partial charge >= 0.3 is 0 Å². The highest BCUT2D eigenvalue weighted by atomic mass is 16.1. The number of carbonyl (C=O) groups is 1. The predicted octanol–water partition coefficient (Wildman–Crippen LogP) is 2.94. The number of anilines is 1. The van der Waals surface area contributed by atoms with Crippen LogP contribution in [0.2, 0.25) is 0 Å². The standard InChI is InChI=1S/C19H22N6O/c1-12(2)25-13(3)22-11-17(25)16-8-9-21-19(24-16)23-10-14-4-6-15(7-5-14)18(20)26/h4-9,11-12H,10H2,1-3H3,(H2,20,26)(H,21,23,24). The van der Waals surface area contributed by atoms with Crippen molar-refractivity contribution in [2.24, 2.45) is 5.73 Å². The number of rotatable bonds is 6. The fraction of sp³-hybridized carbons (Fsp3) is 0.263. The summed E-state index contributed by atoms with van der Waals surface area (Å²) < 4.78 is 2.15. The van der Waals surface area contributed by atoms with Crippen LogP contribution in [0.1, 0.15) is 41.6 Å². The number of nitrogens with one attached hydrogen (secondary N) is 1. The van der Waals surface area contributed by atoms with Crippen molar-refractivity contribution in [1.29, 1.82) is 0 Å². The molecule has 0 aliphatic rings. The van der Waals surface area contributed by atoms with E-state index >= 15 is 0 Å². The Morgan fingerprint density at radius 3 is 2.58 bits per heavy atom. The Bertz CT molecular complexity index is 914. The molecule has 0 unspecified atom stereocenters. The lowest BCUT2D eigenvalue weighted by Crippen LogP contribution is -2.11. The highest BCUT2D eigenvalue weighted by molar-refractivity contribution is 5.92. The maximum atomic E-state index is 11.1. The summed E-state index contributed by atoms with van der Waals surface area (Å²) >= 11 is 0. The third-order valence-corrected chi connectivity index (χ3v) is 4.11. The van der Waals surface area contributed by atoms with Gasteiger partial charge in [-0.25, -0.2) is 15.0 Å². The maximum Gasteiger partial charge on any atom is 0.248 e. The van der Waals surface area contributed by atoms with Crippen LogP contribution in [0.15, 0.2) is 42.7 Å². The lowest BCUT2D eigenvalue weighted by molar-refractivity contribution is 0.100. The van der Waals surface area contributed by atoms with Gasteiger partial charge in [0, 0.05) is 24.3 Å². The van der Waals surface area contributed by atoms with Crippen LogP contribution in [0.5, 0.6) is 0 Å². The molecule has 7 heteroatoms. The Balaban J connectivity index is 1.77. The van der Waals surface area contributed by atoms with E-state index in [0.29, 0.717) is 24.1 Å². The van der Waals surface area contributed by atoms with Crippen molar-refractivity contribution in [2.45, 2.75) is 33.4 Å². The Kier molecular flexibility index (Phi) is 4.97. The van der Waals surface area contributed by atoms with Gasteiger partial charge in [0.2, 0.25) is 11.9 Å². The van der Waals surface area contributed by atoms with Crippen LogP contribution in [-0.2, 0) is 6.54 Å². The molecule has 0 radical (unpaired) electrons. The first-order valence-corrected chi connectivity index (χ1v) is 8.45. The van der Waals surface area contributed by atoms with Crippen LogP contribution < -0.4 is 11.1 Å². The van der Waals surface area contributed by atoms with Crippen LogP contribution >= 0.6 is 0 Å². The first-order valence-electron chi connectivity index (χ1n) is 8.45. The number of hydrogen-bond donors (Lipinski definition) is 2. The van der Waals surface area contributed by atoms with Crippen LogP contribution in [-0.4, -0.2) is 25.4 Å². The van der Waals surface area contributed by atoms with E-state index < -0.39 is 5.91 Å². The predicted molar refractivity (Wildman–Crippen MR) is 101 cm³/mol. The molecule has 0 aliphatic heterocycles. The second-order valence-electron chi connectivity index (χ2n) is 6.33. The number of nitrogens with two attached hydrogens (primary N) is 1. The highest BCUT2D eigenvalue weighted by Crippen LogP contribution is 2.23. The number of imidazole rings is 1. The van der Waals surface area contributed by atoms with Crippen molar-refractivity contribution in [2.75, 3.05) is 5.32 Å². The molecule has 3 aromatic rings. The second-order valence-corrected chi connectivity index (χ2v) is 6.33. The molecule has 3 rings (SSSR count). The van der Waals surface area contributed by atoms with Crippen LogP contribution in [0, 0.1) is 6.92 Å². The van der Waals surface area contributed by atoms with E-state index in [9.17, 15) is 4.79 Å². The number of aromatic nitrogens is 4. The summed E-state index contributed by atoms with van der Waals surface area (Å²) in [5, 5.41) is 3.21. The summed E-state index contributed by atoms with van der Waals surface area (Å²) in [6, 6.07) is 9.30. The lowest BCUT2D eigenvalue weighted by Gasteiger charge is -2.14. The van der Waals surface area contributed by atoms with Crippen molar-refractivity contribution < 1.29 is 4.79 Å². The van der Waals surface area contributed by atoms with Gasteiger partial charge in [0.25, 0.3) is 0 Å². The quantitative estimate of drug-likeness (QED) is 0.712. The molecule has 0 bridgehead atoms. The molecular formula is C19H22N6O. The minimum atomic E-state index is -0.433. The average molecular weight is 350 g/mol. The van der Waals surface area contributed by atoms with E-state index in [1.165, 1.54) is 0 Å². The number of primary amides is 1. The van der Waals surface area contributed by atoms with E-state index in [-0.39, 0.29) is 0 Å². The van der Waals surface area contributed by atoms with Crippen molar-refractivity contribution in [3.8, 4) is 11.4 Å². The fourth-order valence-corrected chi connectivity index (χ4v) is 2.85. The summed E-state index contributed by atoms with van der Waals surface area (Å²) in [7, 11) is 0. The fourth-order valence-electron chi connectivity index (χ4n) is 2.85. The third-order valence-electron chi connectivity index (χ3n) is 4.11. The summed E-state index contributed by atoms with van der Waals surface area (Å²) in [6.45, 7) is 6.77. The molecule has 2 aromatic heterocycles. The molecule has 1 amide bonds. The van der Waals surface area contributed by atoms with Gasteiger partial charge in [0.05, 0.1) is 17.6 Å². The molecule has 0 saturated heterocycles. The Labute approximate surface area is 152 Å². The summed E-state index contributed by atoms with van der Waals surface area (Å²) in [5.41, 5.74) is 8.54. The van der Waals surface area contributed by atoms with E-state index in [2.05, 4.69) is 38.7 Å².